The van der Waals surface area contributed by atoms with Crippen LogP contribution in [0.4, 0.5) is 10.5 Å². The number of urea groups is 1. The summed E-state index contributed by atoms with van der Waals surface area (Å²) >= 11 is 6.34. The summed E-state index contributed by atoms with van der Waals surface area (Å²) in [5, 5.41) is 7.48. The predicted molar refractivity (Wildman–Crippen MR) is 111 cm³/mol. The molecule has 3 unspecified atom stereocenters. The smallest absolute Gasteiger partial charge is 0.323 e. The number of piperidine rings is 1. The molecule has 3 aromatic rings. The van der Waals surface area contributed by atoms with E-state index in [0.29, 0.717) is 39.7 Å². The number of fused-ring (bicyclic) bond motifs is 2. The number of carbonyl (C=O) groups excluding carboxylic acids is 1. The number of hydrogen-bond acceptors (Lipinski definition) is 6. The molecule has 5 rings (SSSR count). The molecule has 2 aliphatic rings. The molecule has 1 N–H and O–H groups in total. The van der Waals surface area contributed by atoms with Gasteiger partial charge in [-0.15, -0.1) is 0 Å². The Hall–Kier alpha value is -3.00. The summed E-state index contributed by atoms with van der Waals surface area (Å²) in [4.78, 5) is 28.1. The largest absolute Gasteiger partial charge is 0.337 e. The summed E-state index contributed by atoms with van der Waals surface area (Å²) in [7, 11) is 0. The van der Waals surface area contributed by atoms with Gasteiger partial charge in [-0.1, -0.05) is 23.7 Å². The van der Waals surface area contributed by atoms with Gasteiger partial charge in [-0.25, -0.2) is 14.8 Å². The van der Waals surface area contributed by atoms with Crippen LogP contribution in [0.2, 0.25) is 5.02 Å². The Labute approximate surface area is 178 Å². The van der Waals surface area contributed by atoms with E-state index in [4.69, 9.17) is 16.1 Å². The molecule has 1 aliphatic carbocycles. The van der Waals surface area contributed by atoms with Gasteiger partial charge in [0, 0.05) is 36.1 Å². The quantitative estimate of drug-likeness (QED) is 0.668. The van der Waals surface area contributed by atoms with Crippen LogP contribution < -0.4 is 5.32 Å². The van der Waals surface area contributed by atoms with Gasteiger partial charge in [0.05, 0.1) is 5.02 Å². The summed E-state index contributed by atoms with van der Waals surface area (Å²) in [6.07, 6.45) is 5.93. The lowest BCUT2D eigenvalue weighted by Gasteiger charge is -2.61. The topological polar surface area (TPSA) is 97.0 Å². The molecule has 1 aliphatic heterocycles. The van der Waals surface area contributed by atoms with Gasteiger partial charge in [-0.3, -0.25) is 0 Å². The fourth-order valence-electron chi connectivity index (χ4n) is 4.83. The van der Waals surface area contributed by atoms with E-state index < -0.39 is 5.54 Å². The zero-order valence-corrected chi connectivity index (χ0v) is 17.4. The monoisotopic (exact) mass is 424 g/mol. The molecule has 3 atom stereocenters. The van der Waals surface area contributed by atoms with Crippen LogP contribution in [0.3, 0.4) is 0 Å². The number of anilines is 1. The number of carbonyl (C=O) groups is 1. The van der Waals surface area contributed by atoms with Gasteiger partial charge in [-0.05, 0) is 49.9 Å². The molecular weight excluding hydrogens is 404 g/mol. The van der Waals surface area contributed by atoms with E-state index in [1.165, 1.54) is 0 Å². The summed E-state index contributed by atoms with van der Waals surface area (Å²) in [5.74, 6) is 2.09. The first-order chi connectivity index (χ1) is 14.5. The number of amides is 2. The zero-order valence-electron chi connectivity index (χ0n) is 16.7. The highest BCUT2D eigenvalue weighted by Gasteiger charge is 2.62. The predicted octanol–water partition coefficient (Wildman–Crippen LogP) is 4.42. The summed E-state index contributed by atoms with van der Waals surface area (Å²) < 4.78 is 5.50. The van der Waals surface area contributed by atoms with Gasteiger partial charge in [0.1, 0.15) is 5.54 Å². The van der Waals surface area contributed by atoms with E-state index in [1.54, 1.807) is 43.6 Å². The van der Waals surface area contributed by atoms with E-state index in [9.17, 15) is 4.79 Å². The van der Waals surface area contributed by atoms with E-state index in [2.05, 4.69) is 32.3 Å². The minimum atomic E-state index is -0.536. The van der Waals surface area contributed by atoms with E-state index in [-0.39, 0.29) is 12.1 Å². The van der Waals surface area contributed by atoms with Crippen LogP contribution in [-0.4, -0.2) is 37.1 Å². The highest BCUT2D eigenvalue weighted by atomic mass is 35.5. The first-order valence-corrected chi connectivity index (χ1v) is 10.3. The minimum Gasteiger partial charge on any atom is -0.337 e. The molecule has 8 nitrogen and oxygen atoms in total. The van der Waals surface area contributed by atoms with Crippen molar-refractivity contribution in [3.8, 4) is 11.4 Å². The first kappa shape index (κ1) is 19.0. The molecule has 1 saturated carbocycles. The fraction of sp³-hybridized carbons (Fsp3) is 0.381. The number of likely N-dealkylation sites (tertiary alicyclic amines) is 1. The SMILES string of the molecule is Cc1noc(C23CC(C)CC(C2)N3C(=O)Nc2ccc(Cl)c(-c3ncccn3)c2)n1. The Kier molecular flexibility index (Phi) is 4.47. The lowest BCUT2D eigenvalue weighted by Crippen LogP contribution is -2.70. The van der Waals surface area contributed by atoms with Crippen molar-refractivity contribution in [2.75, 3.05) is 5.32 Å². The van der Waals surface area contributed by atoms with Crippen molar-refractivity contribution in [3.63, 3.8) is 0 Å². The van der Waals surface area contributed by atoms with Gasteiger partial charge in [0.2, 0.25) is 0 Å². The molecule has 1 saturated heterocycles. The van der Waals surface area contributed by atoms with Gasteiger partial charge >= 0.3 is 6.03 Å². The normalized spacial score (nSPS) is 25.0. The standard InChI is InChI=1S/C21H21ClN6O2/c1-12-8-15-11-21(10-12,19-25-13(2)27-30-19)28(15)20(29)26-14-4-5-17(22)16(9-14)18-23-6-3-7-24-18/h3-7,9,12,15H,8,10-11H2,1-2H3,(H,26,29). The average Bonchev–Trinajstić information content (AvgIpc) is 3.16. The molecule has 154 valence electrons. The lowest BCUT2D eigenvalue weighted by molar-refractivity contribution is -0.111. The number of benzene rings is 1. The third-order valence-electron chi connectivity index (χ3n) is 5.93. The van der Waals surface area contributed by atoms with Crippen molar-refractivity contribution in [2.24, 2.45) is 5.92 Å². The van der Waals surface area contributed by atoms with Crippen molar-refractivity contribution in [1.29, 1.82) is 0 Å². The number of rotatable bonds is 3. The van der Waals surface area contributed by atoms with Gasteiger partial charge in [0.25, 0.3) is 5.89 Å². The fourth-order valence-corrected chi connectivity index (χ4v) is 5.03. The van der Waals surface area contributed by atoms with Crippen molar-refractivity contribution in [2.45, 2.75) is 44.7 Å². The maximum Gasteiger partial charge on any atom is 0.323 e. The van der Waals surface area contributed by atoms with Crippen LogP contribution in [0.25, 0.3) is 11.4 Å². The van der Waals surface area contributed by atoms with Gasteiger partial charge < -0.3 is 14.7 Å². The molecule has 2 fully saturated rings. The first-order valence-electron chi connectivity index (χ1n) is 9.94. The molecule has 0 radical (unpaired) electrons. The molecule has 9 heteroatoms. The number of nitrogens with one attached hydrogen (secondary N) is 1. The number of aryl methyl sites for hydroxylation is 1. The van der Waals surface area contributed by atoms with Crippen LogP contribution in [0.15, 0.2) is 41.2 Å². The third kappa shape index (κ3) is 3.02. The lowest BCUT2D eigenvalue weighted by atomic mass is 9.64. The van der Waals surface area contributed by atoms with Crippen LogP contribution in [0.1, 0.15) is 37.9 Å². The van der Waals surface area contributed by atoms with Crippen LogP contribution in [-0.2, 0) is 5.54 Å². The Bertz CT molecular complexity index is 1100. The molecule has 0 spiro atoms. The Morgan fingerprint density at radius 2 is 2.10 bits per heavy atom. The highest BCUT2D eigenvalue weighted by molar-refractivity contribution is 6.33. The van der Waals surface area contributed by atoms with Crippen LogP contribution in [0, 0.1) is 12.8 Å². The zero-order chi connectivity index (χ0) is 20.9. The molecule has 3 heterocycles. The average molecular weight is 425 g/mol. The Morgan fingerprint density at radius 1 is 1.30 bits per heavy atom. The Morgan fingerprint density at radius 3 is 2.83 bits per heavy atom. The highest BCUT2D eigenvalue weighted by Crippen LogP contribution is 2.55. The number of hydrogen-bond donors (Lipinski definition) is 1. The van der Waals surface area contributed by atoms with E-state index in [0.717, 1.165) is 19.3 Å². The van der Waals surface area contributed by atoms with Crippen molar-refractivity contribution < 1.29 is 9.32 Å². The Balaban J connectivity index is 1.43. The number of aromatic nitrogens is 4. The van der Waals surface area contributed by atoms with Gasteiger partial charge in [-0.2, -0.15) is 4.98 Å². The maximum absolute atomic E-state index is 13.3. The second kappa shape index (κ2) is 7.05. The number of halogens is 1. The molecule has 1 aromatic carbocycles. The minimum absolute atomic E-state index is 0.158. The molecule has 2 bridgehead atoms. The van der Waals surface area contributed by atoms with E-state index in [1.807, 2.05) is 4.90 Å². The van der Waals surface area contributed by atoms with Gasteiger partial charge in [0.15, 0.2) is 11.6 Å². The molecule has 30 heavy (non-hydrogen) atoms. The summed E-state index contributed by atoms with van der Waals surface area (Å²) in [6, 6.07) is 7.01. The van der Waals surface area contributed by atoms with Crippen molar-refractivity contribution in [3.05, 3.63) is 53.4 Å². The summed E-state index contributed by atoms with van der Waals surface area (Å²) in [5.41, 5.74) is 0.752. The third-order valence-corrected chi connectivity index (χ3v) is 6.26. The van der Waals surface area contributed by atoms with Crippen molar-refractivity contribution >= 4 is 23.3 Å². The molecule has 2 amide bonds. The molecule has 2 aromatic heterocycles. The maximum atomic E-state index is 13.3. The van der Waals surface area contributed by atoms with Crippen molar-refractivity contribution in [1.82, 2.24) is 25.0 Å². The summed E-state index contributed by atoms with van der Waals surface area (Å²) in [6.45, 7) is 3.99. The number of nitrogens with zero attached hydrogens (tertiary/aromatic N) is 5. The second-order valence-electron chi connectivity index (χ2n) is 8.15. The van der Waals surface area contributed by atoms with Crippen LogP contribution in [0.5, 0.6) is 0 Å². The van der Waals surface area contributed by atoms with E-state index >= 15 is 0 Å². The van der Waals surface area contributed by atoms with Crippen LogP contribution >= 0.6 is 11.6 Å². The second-order valence-corrected chi connectivity index (χ2v) is 8.56. The molecular formula is C21H21ClN6O2.